The molecule has 0 saturated heterocycles. The first kappa shape index (κ1) is 28.7. The minimum atomic E-state index is -4.46. The van der Waals surface area contributed by atoms with Gasteiger partial charge in [-0.05, 0) is 42.3 Å². The Morgan fingerprint density at radius 3 is 2.45 bits per heavy atom. The van der Waals surface area contributed by atoms with Crippen molar-refractivity contribution < 1.29 is 31.9 Å². The van der Waals surface area contributed by atoms with E-state index in [1.807, 2.05) is 42.2 Å². The van der Waals surface area contributed by atoms with Gasteiger partial charge in [0.05, 0.1) is 32.4 Å². The van der Waals surface area contributed by atoms with Crippen molar-refractivity contribution in [3.8, 4) is 11.5 Å². The van der Waals surface area contributed by atoms with Gasteiger partial charge in [-0.1, -0.05) is 48.5 Å². The molecule has 7 nitrogen and oxygen atoms in total. The molecule has 1 N–H and O–H groups in total. The van der Waals surface area contributed by atoms with E-state index >= 15 is 0 Å². The summed E-state index contributed by atoms with van der Waals surface area (Å²) in [5.74, 6) is 1.05. The van der Waals surface area contributed by atoms with Crippen LogP contribution in [-0.4, -0.2) is 30.0 Å². The topological polar surface area (TPSA) is 76.8 Å². The van der Waals surface area contributed by atoms with Crippen LogP contribution >= 0.6 is 0 Å². The number of halogens is 3. The Morgan fingerprint density at radius 2 is 1.75 bits per heavy atom. The molecule has 0 aliphatic rings. The summed E-state index contributed by atoms with van der Waals surface area (Å²) in [6.45, 7) is 2.43. The van der Waals surface area contributed by atoms with Gasteiger partial charge < -0.3 is 19.2 Å². The molecule has 4 rings (SSSR count). The number of nitrogens with one attached hydrogen (secondary N) is 1. The summed E-state index contributed by atoms with van der Waals surface area (Å²) in [4.78, 5) is 19.0. The van der Waals surface area contributed by atoms with Gasteiger partial charge in [0.25, 0.3) is 5.91 Å². The summed E-state index contributed by atoms with van der Waals surface area (Å²) in [5, 5.41) is 2.89. The van der Waals surface area contributed by atoms with E-state index in [9.17, 15) is 18.0 Å². The third kappa shape index (κ3) is 7.41. The lowest BCUT2D eigenvalue weighted by atomic mass is 10.1. The Morgan fingerprint density at radius 1 is 0.975 bits per heavy atom. The fourth-order valence-corrected chi connectivity index (χ4v) is 4.29. The fourth-order valence-electron chi connectivity index (χ4n) is 4.29. The van der Waals surface area contributed by atoms with E-state index in [0.29, 0.717) is 17.1 Å². The van der Waals surface area contributed by atoms with Gasteiger partial charge in [-0.2, -0.15) is 13.2 Å². The summed E-state index contributed by atoms with van der Waals surface area (Å²) in [6.07, 6.45) is -3.18. The number of benzene rings is 3. The molecule has 1 heterocycles. The third-order valence-electron chi connectivity index (χ3n) is 6.33. The summed E-state index contributed by atoms with van der Waals surface area (Å²) in [6, 6.07) is 19.8. The van der Waals surface area contributed by atoms with Crippen LogP contribution in [0, 0.1) is 0 Å². The summed E-state index contributed by atoms with van der Waals surface area (Å²) >= 11 is 0. The highest BCUT2D eigenvalue weighted by Gasteiger charge is 2.30. The van der Waals surface area contributed by atoms with Crippen LogP contribution < -0.4 is 14.8 Å². The number of methoxy groups -OCH3 is 2. The molecule has 1 aromatic heterocycles. The molecule has 0 fully saturated rings. The smallest absolute Gasteiger partial charge is 0.416 e. The molecule has 1 unspecified atom stereocenters. The number of ether oxygens (including phenoxy) is 2. The zero-order valence-electron chi connectivity index (χ0n) is 22.4. The van der Waals surface area contributed by atoms with Crippen LogP contribution in [0.25, 0.3) is 0 Å². The van der Waals surface area contributed by atoms with Crippen LogP contribution in [0.5, 0.6) is 11.5 Å². The highest BCUT2D eigenvalue weighted by atomic mass is 19.4. The van der Waals surface area contributed by atoms with E-state index in [1.165, 1.54) is 19.4 Å². The molecule has 4 aromatic rings. The number of amides is 1. The van der Waals surface area contributed by atoms with Crippen molar-refractivity contribution in [3.05, 3.63) is 113 Å². The van der Waals surface area contributed by atoms with Crippen LogP contribution in [0.15, 0.2) is 83.5 Å². The molecule has 0 spiro atoms. The molecular weight excluding hydrogens is 523 g/mol. The molecule has 0 aliphatic heterocycles. The van der Waals surface area contributed by atoms with E-state index in [1.54, 1.807) is 31.4 Å². The number of aromatic nitrogens is 1. The lowest BCUT2D eigenvalue weighted by Crippen LogP contribution is -2.27. The van der Waals surface area contributed by atoms with E-state index in [4.69, 9.17) is 13.9 Å². The summed E-state index contributed by atoms with van der Waals surface area (Å²) in [5.41, 5.74) is 1.54. The van der Waals surface area contributed by atoms with E-state index in [0.717, 1.165) is 23.3 Å². The number of carbonyl (C=O) groups excluding carboxylic acids is 1. The normalized spacial score (nSPS) is 12.3. The quantitative estimate of drug-likeness (QED) is 0.232. The predicted octanol–water partition coefficient (Wildman–Crippen LogP) is 6.40. The first-order chi connectivity index (χ1) is 19.2. The van der Waals surface area contributed by atoms with Gasteiger partial charge in [0, 0.05) is 18.7 Å². The molecule has 0 saturated carbocycles. The number of oxazole rings is 1. The number of rotatable bonds is 11. The minimum Gasteiger partial charge on any atom is -0.497 e. The van der Waals surface area contributed by atoms with Crippen molar-refractivity contribution in [2.75, 3.05) is 14.2 Å². The second-order valence-corrected chi connectivity index (χ2v) is 9.25. The highest BCUT2D eigenvalue weighted by Crippen LogP contribution is 2.31. The number of hydrogen-bond donors (Lipinski definition) is 1. The Bertz CT molecular complexity index is 1420. The van der Waals surface area contributed by atoms with Crippen LogP contribution in [0.2, 0.25) is 0 Å². The van der Waals surface area contributed by atoms with Crippen molar-refractivity contribution in [2.45, 2.75) is 38.8 Å². The van der Waals surface area contributed by atoms with Crippen molar-refractivity contribution in [2.24, 2.45) is 0 Å². The first-order valence-electron chi connectivity index (χ1n) is 12.6. The van der Waals surface area contributed by atoms with Crippen LogP contribution in [-0.2, 0) is 25.8 Å². The molecule has 0 radical (unpaired) electrons. The monoisotopic (exact) mass is 553 g/mol. The van der Waals surface area contributed by atoms with Gasteiger partial charge in [-0.3, -0.25) is 9.69 Å². The molecule has 3 aromatic carbocycles. The lowest BCUT2D eigenvalue weighted by Gasteiger charge is -2.23. The summed E-state index contributed by atoms with van der Waals surface area (Å²) < 4.78 is 56.5. The second-order valence-electron chi connectivity index (χ2n) is 9.25. The SMILES string of the molecule is COc1ccc(OC)c(CN(Cc2cccc(C(F)(F)F)c2)Cc2nc(C(=O)NC(C)c3ccccc3)co2)c1. The molecule has 1 amide bonds. The van der Waals surface area contributed by atoms with Gasteiger partial charge in [-0.25, -0.2) is 4.98 Å². The molecule has 1 atom stereocenters. The van der Waals surface area contributed by atoms with Crippen molar-refractivity contribution in [1.82, 2.24) is 15.2 Å². The molecular formula is C30H30F3N3O4. The zero-order chi connectivity index (χ0) is 28.7. The zero-order valence-corrected chi connectivity index (χ0v) is 22.4. The van der Waals surface area contributed by atoms with Crippen molar-refractivity contribution in [1.29, 1.82) is 0 Å². The number of nitrogens with zero attached hydrogens (tertiary/aromatic N) is 2. The van der Waals surface area contributed by atoms with Crippen LogP contribution in [0.4, 0.5) is 13.2 Å². The van der Waals surface area contributed by atoms with Crippen molar-refractivity contribution in [3.63, 3.8) is 0 Å². The average Bonchev–Trinajstić information content (AvgIpc) is 3.41. The largest absolute Gasteiger partial charge is 0.497 e. The fraction of sp³-hybridized carbons (Fsp3) is 0.267. The van der Waals surface area contributed by atoms with Gasteiger partial charge in [-0.15, -0.1) is 0 Å². The standard InChI is InChI=1S/C30H30F3N3O4/c1-20(22-9-5-4-6-10-22)34-29(37)26-19-40-28(35-26)18-36(16-21-8-7-11-24(14-21)30(31,32)33)17-23-15-25(38-2)12-13-27(23)39-3/h4-15,19-20H,16-18H2,1-3H3,(H,34,37). The Kier molecular flexibility index (Phi) is 9.11. The maximum absolute atomic E-state index is 13.4. The Balaban J connectivity index is 1.56. The Labute approximate surface area is 230 Å². The second kappa shape index (κ2) is 12.7. The number of hydrogen-bond acceptors (Lipinski definition) is 6. The average molecular weight is 554 g/mol. The highest BCUT2D eigenvalue weighted by molar-refractivity contribution is 5.92. The van der Waals surface area contributed by atoms with Gasteiger partial charge in [0.15, 0.2) is 5.69 Å². The predicted molar refractivity (Wildman–Crippen MR) is 143 cm³/mol. The molecule has 0 aliphatic carbocycles. The maximum Gasteiger partial charge on any atom is 0.416 e. The van der Waals surface area contributed by atoms with E-state index in [2.05, 4.69) is 10.3 Å². The van der Waals surface area contributed by atoms with Gasteiger partial charge in [0.1, 0.15) is 17.8 Å². The first-order valence-corrected chi connectivity index (χ1v) is 12.6. The third-order valence-corrected chi connectivity index (χ3v) is 6.33. The summed E-state index contributed by atoms with van der Waals surface area (Å²) in [7, 11) is 3.09. The Hall–Kier alpha value is -4.31. The van der Waals surface area contributed by atoms with Crippen LogP contribution in [0.3, 0.4) is 0 Å². The molecule has 0 bridgehead atoms. The molecule has 210 valence electrons. The number of carbonyl (C=O) groups is 1. The number of alkyl halides is 3. The van der Waals surface area contributed by atoms with Crippen molar-refractivity contribution >= 4 is 5.91 Å². The van der Waals surface area contributed by atoms with Gasteiger partial charge >= 0.3 is 6.18 Å². The van der Waals surface area contributed by atoms with E-state index in [-0.39, 0.29) is 37.3 Å². The maximum atomic E-state index is 13.4. The van der Waals surface area contributed by atoms with Crippen LogP contribution in [0.1, 0.15) is 51.6 Å². The molecule has 40 heavy (non-hydrogen) atoms. The minimum absolute atomic E-state index is 0.107. The lowest BCUT2D eigenvalue weighted by molar-refractivity contribution is -0.137. The molecule has 10 heteroatoms. The van der Waals surface area contributed by atoms with Gasteiger partial charge in [0.2, 0.25) is 5.89 Å². The van der Waals surface area contributed by atoms with E-state index < -0.39 is 17.6 Å².